The third-order valence-corrected chi connectivity index (χ3v) is 4.48. The summed E-state index contributed by atoms with van der Waals surface area (Å²) in [7, 11) is 0. The van der Waals surface area contributed by atoms with Crippen LogP contribution in [0.2, 0.25) is 0 Å². The normalized spacial score (nSPS) is 14.7. The maximum absolute atomic E-state index is 9.92. The minimum Gasteiger partial charge on any atom is -0.507 e. The monoisotopic (exact) mass is 288 g/mol. The van der Waals surface area contributed by atoms with E-state index in [1.54, 1.807) is 0 Å². The van der Waals surface area contributed by atoms with Crippen molar-refractivity contribution in [1.29, 1.82) is 0 Å². The molecular weight excluding hydrogens is 275 g/mol. The highest BCUT2D eigenvalue weighted by Gasteiger charge is 2.21. The molecule has 2 rings (SSSR count). The predicted molar refractivity (Wildman–Crippen MR) is 62.3 cm³/mol. The van der Waals surface area contributed by atoms with E-state index in [1.807, 2.05) is 6.92 Å². The van der Waals surface area contributed by atoms with E-state index in [-0.39, 0.29) is 0 Å². The summed E-state index contributed by atoms with van der Waals surface area (Å²) in [6.07, 6.45) is 3.39. The largest absolute Gasteiger partial charge is 0.507 e. The molecule has 0 bridgehead atoms. The Labute approximate surface area is 92.3 Å². The molecule has 0 aromatic heterocycles. The molecule has 70 valence electrons. The second-order valence-electron chi connectivity index (χ2n) is 3.72. The van der Waals surface area contributed by atoms with Crippen molar-refractivity contribution < 1.29 is 5.11 Å². The van der Waals surface area contributed by atoms with Gasteiger partial charge in [-0.3, -0.25) is 0 Å². The van der Waals surface area contributed by atoms with Gasteiger partial charge in [0.1, 0.15) is 5.75 Å². The van der Waals surface area contributed by atoms with Crippen molar-refractivity contribution in [2.75, 3.05) is 0 Å². The van der Waals surface area contributed by atoms with Gasteiger partial charge in [-0.1, -0.05) is 0 Å². The predicted octanol–water partition coefficient (Wildman–Crippen LogP) is 3.10. The Morgan fingerprint density at radius 2 is 1.69 bits per heavy atom. The third kappa shape index (κ3) is 1.26. The minimum absolute atomic E-state index is 0.547. The minimum atomic E-state index is 0.547. The molecule has 0 spiro atoms. The average molecular weight is 288 g/mol. The summed E-state index contributed by atoms with van der Waals surface area (Å²) in [5.74, 6) is 0.547. The number of rotatable bonds is 0. The lowest BCUT2D eigenvalue weighted by Gasteiger charge is -2.12. The van der Waals surface area contributed by atoms with Crippen LogP contribution in [0.3, 0.4) is 0 Å². The van der Waals surface area contributed by atoms with Gasteiger partial charge in [-0.25, -0.2) is 0 Å². The van der Waals surface area contributed by atoms with Gasteiger partial charge in [0.2, 0.25) is 0 Å². The van der Waals surface area contributed by atoms with Gasteiger partial charge in [-0.2, -0.15) is 0 Å². The molecule has 0 unspecified atom stereocenters. The summed E-state index contributed by atoms with van der Waals surface area (Å²) in [5.41, 5.74) is 4.90. The van der Waals surface area contributed by atoms with Crippen molar-refractivity contribution in [3.8, 4) is 5.75 Å². The second kappa shape index (κ2) is 3.15. The summed E-state index contributed by atoms with van der Waals surface area (Å²) >= 11 is 2.40. The Hall–Kier alpha value is -0.250. The van der Waals surface area contributed by atoms with E-state index in [4.69, 9.17) is 0 Å². The van der Waals surface area contributed by atoms with E-state index in [0.29, 0.717) is 5.75 Å². The molecule has 0 saturated carbocycles. The molecule has 0 aliphatic heterocycles. The maximum atomic E-state index is 9.92. The standard InChI is InChI=1S/C11H13IO/c1-6-7(2)11(13)9-5-3-4-8(9)10(6)12/h13H,3-5H2,1-2H3. The first-order chi connectivity index (χ1) is 6.13. The van der Waals surface area contributed by atoms with E-state index in [1.165, 1.54) is 26.7 Å². The Morgan fingerprint density at radius 3 is 2.38 bits per heavy atom. The number of halogens is 1. The van der Waals surface area contributed by atoms with Gasteiger partial charge in [-0.15, -0.1) is 0 Å². The molecule has 1 aromatic rings. The molecule has 2 heteroatoms. The first-order valence-electron chi connectivity index (χ1n) is 4.62. The lowest BCUT2D eigenvalue weighted by molar-refractivity contribution is 0.464. The Bertz CT molecular complexity index is 334. The molecule has 0 heterocycles. The number of phenolic OH excluding ortho intramolecular Hbond substituents is 1. The Balaban J connectivity index is 2.77. The van der Waals surface area contributed by atoms with Gasteiger partial charge < -0.3 is 5.11 Å². The quantitative estimate of drug-likeness (QED) is 0.727. The van der Waals surface area contributed by atoms with Crippen molar-refractivity contribution in [3.05, 3.63) is 25.8 Å². The maximum Gasteiger partial charge on any atom is 0.122 e. The first-order valence-corrected chi connectivity index (χ1v) is 5.70. The van der Waals surface area contributed by atoms with Crippen LogP contribution in [-0.4, -0.2) is 5.11 Å². The highest BCUT2D eigenvalue weighted by molar-refractivity contribution is 14.1. The number of phenols is 1. The number of fused-ring (bicyclic) bond motifs is 1. The van der Waals surface area contributed by atoms with E-state index < -0.39 is 0 Å². The van der Waals surface area contributed by atoms with Crippen LogP contribution in [0.25, 0.3) is 0 Å². The van der Waals surface area contributed by atoms with Gasteiger partial charge in [0.15, 0.2) is 0 Å². The molecule has 0 saturated heterocycles. The molecule has 1 aliphatic rings. The molecule has 0 atom stereocenters. The fourth-order valence-corrected chi connectivity index (χ4v) is 3.04. The van der Waals surface area contributed by atoms with Crippen LogP contribution in [-0.2, 0) is 12.8 Å². The number of aromatic hydroxyl groups is 1. The van der Waals surface area contributed by atoms with Crippen molar-refractivity contribution in [1.82, 2.24) is 0 Å². The fourth-order valence-electron chi connectivity index (χ4n) is 2.04. The fraction of sp³-hybridized carbons (Fsp3) is 0.455. The van der Waals surface area contributed by atoms with Crippen LogP contribution in [0, 0.1) is 17.4 Å². The molecule has 1 nitrogen and oxygen atoms in total. The van der Waals surface area contributed by atoms with Crippen LogP contribution in [0.4, 0.5) is 0 Å². The van der Waals surface area contributed by atoms with Gasteiger partial charge >= 0.3 is 0 Å². The zero-order valence-electron chi connectivity index (χ0n) is 7.95. The van der Waals surface area contributed by atoms with Gasteiger partial charge in [0, 0.05) is 3.57 Å². The zero-order chi connectivity index (χ0) is 9.59. The highest BCUT2D eigenvalue weighted by Crippen LogP contribution is 2.38. The summed E-state index contributed by atoms with van der Waals surface area (Å²) in [6.45, 7) is 4.10. The number of hydrogen-bond donors (Lipinski definition) is 1. The highest BCUT2D eigenvalue weighted by atomic mass is 127. The molecule has 0 radical (unpaired) electrons. The van der Waals surface area contributed by atoms with Gasteiger partial charge in [0.05, 0.1) is 0 Å². The van der Waals surface area contributed by atoms with Gasteiger partial charge in [0.25, 0.3) is 0 Å². The van der Waals surface area contributed by atoms with Crippen LogP contribution >= 0.6 is 22.6 Å². The van der Waals surface area contributed by atoms with E-state index in [9.17, 15) is 5.11 Å². The zero-order valence-corrected chi connectivity index (χ0v) is 10.1. The number of benzene rings is 1. The molecule has 13 heavy (non-hydrogen) atoms. The first kappa shape index (κ1) is 9.31. The molecular formula is C11H13IO. The lowest BCUT2D eigenvalue weighted by Crippen LogP contribution is -1.96. The summed E-state index contributed by atoms with van der Waals surface area (Å²) in [4.78, 5) is 0. The number of hydrogen-bond acceptors (Lipinski definition) is 1. The summed E-state index contributed by atoms with van der Waals surface area (Å²) < 4.78 is 1.36. The van der Waals surface area contributed by atoms with Crippen molar-refractivity contribution in [2.24, 2.45) is 0 Å². The topological polar surface area (TPSA) is 20.2 Å². The second-order valence-corrected chi connectivity index (χ2v) is 4.80. The van der Waals surface area contributed by atoms with Crippen LogP contribution < -0.4 is 0 Å². The van der Waals surface area contributed by atoms with Crippen LogP contribution in [0.5, 0.6) is 5.75 Å². The van der Waals surface area contributed by atoms with Gasteiger partial charge in [-0.05, 0) is 78.0 Å². The third-order valence-electron chi connectivity index (χ3n) is 3.02. The molecule has 0 fully saturated rings. The van der Waals surface area contributed by atoms with E-state index in [2.05, 4.69) is 29.5 Å². The Kier molecular flexibility index (Phi) is 2.26. The molecule has 1 aromatic carbocycles. The SMILES string of the molecule is Cc1c(C)c(I)c2c(c1O)CCC2. The lowest BCUT2D eigenvalue weighted by atomic mass is 10.0. The average Bonchev–Trinajstić information content (AvgIpc) is 2.59. The van der Waals surface area contributed by atoms with E-state index in [0.717, 1.165) is 18.4 Å². The van der Waals surface area contributed by atoms with E-state index >= 15 is 0 Å². The smallest absolute Gasteiger partial charge is 0.122 e. The molecule has 0 amide bonds. The summed E-state index contributed by atoms with van der Waals surface area (Å²) in [6, 6.07) is 0. The molecule has 1 N–H and O–H groups in total. The van der Waals surface area contributed by atoms with Crippen molar-refractivity contribution in [2.45, 2.75) is 33.1 Å². The van der Waals surface area contributed by atoms with Crippen molar-refractivity contribution >= 4 is 22.6 Å². The Morgan fingerprint density at radius 1 is 1.08 bits per heavy atom. The van der Waals surface area contributed by atoms with Crippen LogP contribution in [0.15, 0.2) is 0 Å². The summed E-state index contributed by atoms with van der Waals surface area (Å²) in [5, 5.41) is 9.92. The van der Waals surface area contributed by atoms with Crippen LogP contribution in [0.1, 0.15) is 28.7 Å². The van der Waals surface area contributed by atoms with Crippen molar-refractivity contribution in [3.63, 3.8) is 0 Å². The molecule has 1 aliphatic carbocycles.